The van der Waals surface area contributed by atoms with E-state index in [4.69, 9.17) is 9.84 Å². The smallest absolute Gasteiger partial charge is 0.411 e. The molecule has 1 atom stereocenters. The van der Waals surface area contributed by atoms with Crippen molar-refractivity contribution in [2.24, 2.45) is 0 Å². The number of carboxylic acid groups (broad SMARTS) is 1. The van der Waals surface area contributed by atoms with Crippen LogP contribution in [0.5, 0.6) is 0 Å². The fourth-order valence-corrected chi connectivity index (χ4v) is 22.4. The number of aromatic nitrogens is 1. The summed E-state index contributed by atoms with van der Waals surface area (Å²) in [4.78, 5) is 31.4. The molecule has 0 aliphatic carbocycles. The molecule has 1 spiro atoms. The van der Waals surface area contributed by atoms with Gasteiger partial charge in [-0.15, -0.1) is 0 Å². The van der Waals surface area contributed by atoms with Gasteiger partial charge in [0, 0.05) is 71.4 Å². The Hall–Kier alpha value is -0.671. The molecule has 0 aromatic carbocycles. The van der Waals surface area contributed by atoms with Gasteiger partial charge >= 0.3 is 6.09 Å². The number of fused-ring (bicyclic) bond motifs is 2. The molecule has 7 nitrogen and oxygen atoms in total. The number of anilines is 1. The van der Waals surface area contributed by atoms with Crippen molar-refractivity contribution < 1.29 is 39.9 Å². The van der Waals surface area contributed by atoms with Gasteiger partial charge < -0.3 is 9.84 Å². The van der Waals surface area contributed by atoms with Crippen LogP contribution in [-0.4, -0.2) is 85.9 Å². The number of hydrogen-bond donors (Lipinski definition) is 1. The molecule has 0 radical (unpaired) electrons. The number of nitrogens with zero attached hydrogens (tertiary/aromatic N) is 3. The monoisotopic (exact) mass is 899 g/mol. The van der Waals surface area contributed by atoms with E-state index >= 15 is 0 Å². The molecule has 2 aliphatic rings. The molecule has 54 heavy (non-hydrogen) atoms. The SMILES string of the molecule is CC(C)(C)P(C(C)(C)C)C(C)(C)C.CC(C)(C)P(C(C)(C)C)C(C)(C)C.C[Si](C)(C)CCOCN1C(=O)CC2(C=CN(C(=O)O)CC2)c2cccnc21.[Pd]. The van der Waals surface area contributed by atoms with Crippen molar-refractivity contribution in [3.8, 4) is 0 Å². The third-order valence-corrected chi connectivity index (χ3v) is 19.0. The Bertz CT molecular complexity index is 1280. The molecule has 1 aromatic heterocycles. The Kier molecular flexibility index (Phi) is 19.1. The zero-order chi connectivity index (χ0) is 41.8. The molecule has 2 aliphatic heterocycles. The van der Waals surface area contributed by atoms with E-state index < -0.39 is 19.6 Å². The van der Waals surface area contributed by atoms with Crippen LogP contribution < -0.4 is 4.90 Å². The molecule has 3 heterocycles. The van der Waals surface area contributed by atoms with Crippen LogP contribution in [0.25, 0.3) is 0 Å². The fourth-order valence-electron chi connectivity index (χ4n) is 9.53. The molecule has 1 unspecified atom stereocenters. The maximum Gasteiger partial charge on any atom is 0.411 e. The van der Waals surface area contributed by atoms with Gasteiger partial charge in [-0.3, -0.25) is 14.6 Å². The number of amides is 2. The van der Waals surface area contributed by atoms with E-state index in [1.165, 1.54) is 4.90 Å². The molecule has 2 amide bonds. The molecular weight excluding hydrogens is 819 g/mol. The number of pyridine rings is 1. The topological polar surface area (TPSA) is 83.0 Å². The first-order valence-electron chi connectivity index (χ1n) is 19.6. The van der Waals surface area contributed by atoms with Crippen molar-refractivity contribution in [3.05, 3.63) is 36.2 Å². The molecule has 1 N–H and O–H groups in total. The van der Waals surface area contributed by atoms with Crippen LogP contribution in [0.2, 0.25) is 25.7 Å². The second kappa shape index (κ2) is 19.4. The van der Waals surface area contributed by atoms with Crippen LogP contribution in [0.4, 0.5) is 10.6 Å². The quantitative estimate of drug-likeness (QED) is 0.181. The number of allylic oxidation sites excluding steroid dienone is 1. The first kappa shape index (κ1) is 53.3. The molecule has 0 saturated heterocycles. The molecule has 11 heteroatoms. The molecule has 0 fully saturated rings. The van der Waals surface area contributed by atoms with Gasteiger partial charge in [0.15, 0.2) is 0 Å². The largest absolute Gasteiger partial charge is 0.465 e. The minimum Gasteiger partial charge on any atom is -0.465 e. The van der Waals surface area contributed by atoms with Crippen molar-refractivity contribution in [1.82, 2.24) is 9.88 Å². The van der Waals surface area contributed by atoms with Gasteiger partial charge in [-0.05, 0) is 49.5 Å². The standard InChI is InChI=1S/C19H27N3O4Si.2C12H27P.Pd/c1-27(2,3)12-11-26-14-22-16(23)13-19(15-5-4-8-20-17(15)22)6-9-21(10-7-19)18(24)25;2*1-10(2,3)13(11(4,5)6)12(7,8)9;/h4-6,8-9H,7,10-14H2,1-3H3,(H,24,25);2*1-9H3;. The van der Waals surface area contributed by atoms with E-state index in [0.29, 0.717) is 62.7 Å². The first-order valence-corrected chi connectivity index (χ1v) is 26.0. The van der Waals surface area contributed by atoms with Crippen LogP contribution in [0.1, 0.15) is 143 Å². The maximum absolute atomic E-state index is 12.9. The molecule has 0 saturated carbocycles. The van der Waals surface area contributed by atoms with Crippen molar-refractivity contribution in [3.63, 3.8) is 0 Å². The van der Waals surface area contributed by atoms with E-state index in [-0.39, 0.29) is 48.9 Å². The third kappa shape index (κ3) is 16.3. The fraction of sp³-hybridized carbons (Fsp3) is 0.791. The Morgan fingerprint density at radius 1 is 0.815 bits per heavy atom. The summed E-state index contributed by atoms with van der Waals surface area (Å²) in [5, 5.41) is 11.9. The molecular formula is C43H81N3O4P2PdSi. The number of carbonyl (C=O) groups excluding carboxylic acids is 1. The molecule has 316 valence electrons. The van der Waals surface area contributed by atoms with Gasteiger partial charge in [0.25, 0.3) is 0 Å². The van der Waals surface area contributed by atoms with Crippen molar-refractivity contribution >= 4 is 41.7 Å². The summed E-state index contributed by atoms with van der Waals surface area (Å²) in [7, 11) is -1.15. The van der Waals surface area contributed by atoms with Crippen LogP contribution in [0.3, 0.4) is 0 Å². The predicted octanol–water partition coefficient (Wildman–Crippen LogP) is 13.0. The molecule has 1 aromatic rings. The molecule has 3 rings (SSSR count). The Morgan fingerprint density at radius 2 is 1.24 bits per heavy atom. The van der Waals surface area contributed by atoms with E-state index in [1.54, 1.807) is 17.3 Å². The summed E-state index contributed by atoms with van der Waals surface area (Å²) >= 11 is 0. The zero-order valence-electron chi connectivity index (χ0n) is 38.4. The third-order valence-electron chi connectivity index (χ3n) is 9.21. The van der Waals surface area contributed by atoms with Gasteiger partial charge in [0.2, 0.25) is 5.91 Å². The number of hydrogen-bond acceptors (Lipinski definition) is 4. The van der Waals surface area contributed by atoms with E-state index in [2.05, 4.69) is 149 Å². The average molecular weight is 901 g/mol. The second-order valence-electron chi connectivity index (χ2n) is 22.1. The zero-order valence-corrected chi connectivity index (χ0v) is 42.7. The van der Waals surface area contributed by atoms with E-state index in [9.17, 15) is 9.59 Å². The summed E-state index contributed by atoms with van der Waals surface area (Å²) in [6.45, 7) is 51.0. The number of ether oxygens (including phenoxy) is 1. The second-order valence-corrected chi connectivity index (χ2v) is 37.1. The predicted molar refractivity (Wildman–Crippen MR) is 238 cm³/mol. The summed E-state index contributed by atoms with van der Waals surface area (Å²) in [5.41, 5.74) is 0.459. The van der Waals surface area contributed by atoms with E-state index in [1.807, 2.05) is 18.2 Å². The number of carbonyl (C=O) groups is 2. The summed E-state index contributed by atoms with van der Waals surface area (Å²) in [6, 6.07) is 4.88. The normalized spacial score (nSPS) is 18.5. The summed E-state index contributed by atoms with van der Waals surface area (Å²) in [5.74, 6) is 0.581. The van der Waals surface area contributed by atoms with Crippen LogP contribution in [-0.2, 0) is 35.4 Å². The Morgan fingerprint density at radius 3 is 1.56 bits per heavy atom. The summed E-state index contributed by atoms with van der Waals surface area (Å²) in [6.07, 6.45) is 4.96. The van der Waals surface area contributed by atoms with Crippen molar-refractivity contribution in [1.29, 1.82) is 0 Å². The van der Waals surface area contributed by atoms with E-state index in [0.717, 1.165) is 11.6 Å². The van der Waals surface area contributed by atoms with Gasteiger partial charge in [-0.2, -0.15) is 0 Å². The van der Waals surface area contributed by atoms with Crippen LogP contribution in [0, 0.1) is 0 Å². The van der Waals surface area contributed by atoms with Crippen molar-refractivity contribution in [2.75, 3.05) is 24.8 Å². The molecule has 0 bridgehead atoms. The van der Waals surface area contributed by atoms with Gasteiger partial charge in [-0.25, -0.2) is 9.78 Å². The first-order chi connectivity index (χ1) is 23.4. The minimum atomic E-state index is -1.19. The van der Waals surface area contributed by atoms with Gasteiger partial charge in [0.05, 0.1) is 0 Å². The average Bonchev–Trinajstić information content (AvgIpc) is 2.87. The Labute approximate surface area is 350 Å². The Balaban J connectivity index is 0.000000880. The van der Waals surface area contributed by atoms with Gasteiger partial charge in [-0.1, -0.05) is 172 Å². The minimum absolute atomic E-state index is 0. The van der Waals surface area contributed by atoms with Crippen molar-refractivity contribution in [2.45, 2.75) is 200 Å². The summed E-state index contributed by atoms with van der Waals surface area (Å²) < 4.78 is 5.80. The van der Waals surface area contributed by atoms with Gasteiger partial charge in [0.1, 0.15) is 12.5 Å². The maximum atomic E-state index is 12.9. The van der Waals surface area contributed by atoms with Crippen LogP contribution in [0.15, 0.2) is 30.6 Å². The van der Waals surface area contributed by atoms with Crippen LogP contribution >= 0.6 is 15.8 Å². The number of rotatable bonds is 5.